The van der Waals surface area contributed by atoms with Gasteiger partial charge in [0.05, 0.1) is 18.6 Å². The van der Waals surface area contributed by atoms with E-state index in [1.165, 1.54) is 24.4 Å². The van der Waals surface area contributed by atoms with Gasteiger partial charge in [-0.1, -0.05) is 118 Å². The molecule has 0 spiro atoms. The van der Waals surface area contributed by atoms with Gasteiger partial charge in [0, 0.05) is 55.8 Å². The average Bonchev–Trinajstić information content (AvgIpc) is 3.71. The number of furan rings is 1. The van der Waals surface area contributed by atoms with Gasteiger partial charge in [0.1, 0.15) is 5.58 Å². The second kappa shape index (κ2) is 18.1. The zero-order chi connectivity index (χ0) is 50.6. The number of nitrogens with zero attached hydrogens (tertiary/aromatic N) is 3. The standard InChI is InChI=1S/C40H35N2O.C16H18N.Ir/c1-25-21-29(27-17-19-40(3,4)20-18-27)13-15-31(25)35-22-36(42-24-26(35)2)34-12-8-11-32-33-16-14-30(23-41)37(39(33)43-38(32)34)28-9-6-5-7-10-28;1-16(2,3)11-13-9-10-15(17-12-13)14-7-5-4-6-8-14;/h5-11,13-16,21-22,24,27H,17-20H2,1-4H3;4-7,9-10,12H,11H2,1-3H3;/q2*-1;/i1D3,2D3,15D,27D;11D2;. The molecule has 0 saturated heterocycles. The predicted octanol–water partition coefficient (Wildman–Crippen LogP) is 15.1. The second-order valence-corrected chi connectivity index (χ2v) is 17.2. The van der Waals surface area contributed by atoms with Crippen molar-refractivity contribution in [3.8, 4) is 50.8 Å². The summed E-state index contributed by atoms with van der Waals surface area (Å²) in [5, 5.41) is 11.5. The van der Waals surface area contributed by atoms with Crippen molar-refractivity contribution in [1.29, 1.82) is 5.26 Å². The quantitative estimate of drug-likeness (QED) is 0.156. The number of rotatable bonds is 6. The molecule has 0 N–H and O–H groups in total. The largest absolute Gasteiger partial charge is 0.500 e. The van der Waals surface area contributed by atoms with Crippen molar-refractivity contribution in [2.45, 2.75) is 86.3 Å². The molecule has 1 radical (unpaired) electrons. The predicted molar refractivity (Wildman–Crippen MR) is 248 cm³/mol. The van der Waals surface area contributed by atoms with Crippen LogP contribution in [0.5, 0.6) is 0 Å². The summed E-state index contributed by atoms with van der Waals surface area (Å²) in [6, 6.07) is 40.8. The van der Waals surface area contributed by atoms with Crippen LogP contribution < -0.4 is 0 Å². The summed E-state index contributed by atoms with van der Waals surface area (Å²) in [7, 11) is 0. The smallest absolute Gasteiger partial charge is 0.130 e. The van der Waals surface area contributed by atoms with Crippen LogP contribution in [0.4, 0.5) is 0 Å². The minimum Gasteiger partial charge on any atom is -0.500 e. The summed E-state index contributed by atoms with van der Waals surface area (Å²) in [6.45, 7) is 4.61. The SMILES string of the molecule is [2H]C([2H])(c1ccc(-c2[c-]cccc2)nc1)C(C)(C)C.[2H]c1cc(C2([2H])CCC(C)(C)CC2)cc(C([2H])([2H])[2H])c1-c1cc(-c2[c-]ccc3c2oc2c(-c4ccccc4)c(C#N)ccc23)ncc1C([2H])([2H])[2H].[Ir]. The Hall–Kier alpha value is -5.66. The van der Waals surface area contributed by atoms with Crippen molar-refractivity contribution >= 4 is 21.9 Å². The molecule has 3 heterocycles. The number of aromatic nitrogens is 2. The molecule has 0 aliphatic heterocycles. The number of benzene rings is 5. The normalized spacial score (nSPS) is 17.4. The fourth-order valence-electron chi connectivity index (χ4n) is 7.83. The molecule has 9 rings (SSSR count). The monoisotopic (exact) mass is 986 g/mol. The zero-order valence-corrected chi connectivity index (χ0v) is 37.4. The van der Waals surface area contributed by atoms with Crippen LogP contribution in [0.2, 0.25) is 0 Å². The van der Waals surface area contributed by atoms with Gasteiger partial charge in [-0.2, -0.15) is 5.26 Å². The molecule has 1 saturated carbocycles. The van der Waals surface area contributed by atoms with Gasteiger partial charge in [-0.15, -0.1) is 54.1 Å². The molecule has 0 amide bonds. The minimum atomic E-state index is -2.71. The molecule has 0 bridgehead atoms. The van der Waals surface area contributed by atoms with E-state index >= 15 is 0 Å². The molecule has 5 aromatic carbocycles. The van der Waals surface area contributed by atoms with E-state index in [0.29, 0.717) is 51.8 Å². The van der Waals surface area contributed by atoms with Crippen LogP contribution in [0.25, 0.3) is 66.7 Å². The molecular weight excluding hydrogens is 923 g/mol. The van der Waals surface area contributed by atoms with Gasteiger partial charge in [0.25, 0.3) is 0 Å². The van der Waals surface area contributed by atoms with E-state index in [-0.39, 0.29) is 59.5 Å². The molecule has 61 heavy (non-hydrogen) atoms. The third-order valence-corrected chi connectivity index (χ3v) is 11.0. The Bertz CT molecular complexity index is 3250. The first kappa shape index (κ1) is 32.1. The Balaban J connectivity index is 0.000000311. The van der Waals surface area contributed by atoms with Gasteiger partial charge in [-0.05, 0) is 119 Å². The van der Waals surface area contributed by atoms with Crippen molar-refractivity contribution in [3.63, 3.8) is 0 Å². The van der Waals surface area contributed by atoms with Gasteiger partial charge in [0.2, 0.25) is 0 Å². The fourth-order valence-corrected chi connectivity index (χ4v) is 7.83. The molecular formula is C56H53IrN3O-2. The zero-order valence-electron chi connectivity index (χ0n) is 45.0. The van der Waals surface area contributed by atoms with Gasteiger partial charge >= 0.3 is 0 Å². The van der Waals surface area contributed by atoms with Crippen molar-refractivity contribution < 1.29 is 38.2 Å². The molecule has 3 aromatic heterocycles. The van der Waals surface area contributed by atoms with E-state index in [1.54, 1.807) is 18.3 Å². The van der Waals surface area contributed by atoms with Crippen molar-refractivity contribution in [2.75, 3.05) is 0 Å². The molecule has 1 aliphatic carbocycles. The maximum absolute atomic E-state index is 9.99. The fraction of sp³-hybridized carbons (Fsp3) is 0.268. The average molecular weight is 986 g/mol. The number of hydrogen-bond acceptors (Lipinski definition) is 4. The summed E-state index contributed by atoms with van der Waals surface area (Å²) in [5.41, 5.74) is 5.53. The Morgan fingerprint density at radius 1 is 0.836 bits per heavy atom. The molecule has 1 aliphatic rings. The van der Waals surface area contributed by atoms with Crippen LogP contribution in [0.1, 0.15) is 108 Å². The van der Waals surface area contributed by atoms with E-state index in [1.807, 2.05) is 99.6 Å². The number of nitriles is 1. The molecule has 4 nitrogen and oxygen atoms in total. The molecule has 5 heteroatoms. The molecule has 8 aromatic rings. The molecule has 0 unspecified atom stereocenters. The van der Waals surface area contributed by atoms with Crippen molar-refractivity contribution in [3.05, 3.63) is 168 Å². The molecule has 0 atom stereocenters. The van der Waals surface area contributed by atoms with Crippen LogP contribution in [0, 0.1) is 48.0 Å². The van der Waals surface area contributed by atoms with Gasteiger partial charge in [-0.3, -0.25) is 0 Å². The van der Waals surface area contributed by atoms with Gasteiger partial charge in [-0.25, -0.2) is 0 Å². The Labute approximate surface area is 389 Å². The summed E-state index contributed by atoms with van der Waals surface area (Å²) in [5.74, 6) is -1.06. The van der Waals surface area contributed by atoms with Crippen molar-refractivity contribution in [2.24, 2.45) is 10.8 Å². The van der Waals surface area contributed by atoms with Gasteiger partial charge in [0.15, 0.2) is 0 Å². The van der Waals surface area contributed by atoms with E-state index < -0.39 is 31.4 Å². The Kier molecular flexibility index (Phi) is 9.54. The maximum Gasteiger partial charge on any atom is 0.130 e. The molecule has 309 valence electrons. The van der Waals surface area contributed by atoms with Crippen LogP contribution in [0.3, 0.4) is 0 Å². The van der Waals surface area contributed by atoms with Crippen LogP contribution in [0.15, 0.2) is 132 Å². The molecule has 1 fully saturated rings. The first-order valence-electron chi connectivity index (χ1n) is 25.3. The number of hydrogen-bond donors (Lipinski definition) is 0. The maximum atomic E-state index is 9.99. The third-order valence-electron chi connectivity index (χ3n) is 11.0. The summed E-state index contributed by atoms with van der Waals surface area (Å²) >= 11 is 0. The van der Waals surface area contributed by atoms with E-state index in [9.17, 15) is 8.00 Å². The summed E-state index contributed by atoms with van der Waals surface area (Å²) in [6.07, 6.45) is 4.07. The van der Waals surface area contributed by atoms with Crippen LogP contribution >= 0.6 is 0 Å². The second-order valence-electron chi connectivity index (χ2n) is 17.2. The summed E-state index contributed by atoms with van der Waals surface area (Å²) in [4.78, 5) is 8.90. The topological polar surface area (TPSA) is 62.7 Å². The van der Waals surface area contributed by atoms with E-state index in [2.05, 4.69) is 42.0 Å². The Morgan fingerprint density at radius 3 is 2.28 bits per heavy atom. The third kappa shape index (κ3) is 9.63. The number of pyridine rings is 2. The minimum absolute atomic E-state index is 0. The van der Waals surface area contributed by atoms with E-state index in [0.717, 1.165) is 40.4 Å². The first-order chi connectivity index (χ1) is 32.8. The van der Waals surface area contributed by atoms with Crippen LogP contribution in [-0.2, 0) is 26.5 Å². The number of fused-ring (bicyclic) bond motifs is 3. The Morgan fingerprint density at radius 2 is 1.59 bits per heavy atom. The van der Waals surface area contributed by atoms with Gasteiger partial charge < -0.3 is 14.4 Å². The first-order valence-corrected chi connectivity index (χ1v) is 20.3. The number of aryl methyl sites for hydroxylation is 2. The van der Waals surface area contributed by atoms with Crippen molar-refractivity contribution in [1.82, 2.24) is 9.97 Å². The summed E-state index contributed by atoms with van der Waals surface area (Å²) < 4.78 is 92.1. The van der Waals surface area contributed by atoms with Crippen LogP contribution in [-0.4, -0.2) is 9.97 Å². The van der Waals surface area contributed by atoms with E-state index in [4.69, 9.17) is 15.4 Å².